The zero-order valence-corrected chi connectivity index (χ0v) is 11.5. The fourth-order valence-electron chi connectivity index (χ4n) is 2.77. The van der Waals surface area contributed by atoms with Gasteiger partial charge in [0, 0.05) is 25.0 Å². The summed E-state index contributed by atoms with van der Waals surface area (Å²) >= 11 is 0. The van der Waals surface area contributed by atoms with Crippen molar-refractivity contribution in [2.24, 2.45) is 5.92 Å². The molecule has 0 radical (unpaired) electrons. The van der Waals surface area contributed by atoms with Crippen molar-refractivity contribution in [2.45, 2.75) is 51.4 Å². The maximum absolute atomic E-state index is 12.0. The van der Waals surface area contributed by atoms with Crippen molar-refractivity contribution in [1.29, 1.82) is 0 Å². The largest absolute Gasteiger partial charge is 0.444 e. The highest BCUT2D eigenvalue weighted by molar-refractivity contribution is 5.68. The number of ether oxygens (including phenoxy) is 1. The van der Waals surface area contributed by atoms with Gasteiger partial charge in [0.25, 0.3) is 0 Å². The van der Waals surface area contributed by atoms with Gasteiger partial charge in [-0.25, -0.2) is 4.79 Å². The molecule has 2 saturated heterocycles. The number of carbonyl (C=O) groups is 1. The smallest absolute Gasteiger partial charge is 0.410 e. The Morgan fingerprint density at radius 1 is 1.39 bits per heavy atom. The Bertz CT molecular complexity index is 314. The highest BCUT2D eigenvalue weighted by Crippen LogP contribution is 2.26. The lowest BCUT2D eigenvalue weighted by Gasteiger charge is -2.44. The predicted molar refractivity (Wildman–Crippen MR) is 68.3 cm³/mol. The number of aliphatic hydroxyl groups is 1. The minimum atomic E-state index is -0.451. The molecule has 2 heterocycles. The molecule has 0 aromatic rings. The summed E-state index contributed by atoms with van der Waals surface area (Å²) in [4.78, 5) is 13.7. The third kappa shape index (κ3) is 3.14. The highest BCUT2D eigenvalue weighted by Gasteiger charge is 2.38. The summed E-state index contributed by atoms with van der Waals surface area (Å²) in [6, 6.07) is 0.204. The number of hydrogen-bond donors (Lipinski definition) is 2. The molecule has 3 unspecified atom stereocenters. The fourth-order valence-corrected chi connectivity index (χ4v) is 2.77. The standard InChI is InChI=1S/C13H24N2O3/c1-13(2,3)18-12(17)15-7-5-9-10(8-15)14-6-4-11(9)16/h9-11,14,16H,4-8H2,1-3H3. The molecular weight excluding hydrogens is 232 g/mol. The first-order valence-corrected chi connectivity index (χ1v) is 6.76. The fraction of sp³-hybridized carbons (Fsp3) is 0.923. The van der Waals surface area contributed by atoms with Crippen LogP contribution in [0.25, 0.3) is 0 Å². The van der Waals surface area contributed by atoms with E-state index in [2.05, 4.69) is 5.32 Å². The van der Waals surface area contributed by atoms with Crippen molar-refractivity contribution in [3.8, 4) is 0 Å². The molecule has 0 aromatic carbocycles. The maximum Gasteiger partial charge on any atom is 0.410 e. The van der Waals surface area contributed by atoms with Gasteiger partial charge in [-0.2, -0.15) is 0 Å². The molecule has 2 aliphatic rings. The van der Waals surface area contributed by atoms with Crippen LogP contribution in [0.4, 0.5) is 4.79 Å². The molecule has 0 saturated carbocycles. The summed E-state index contributed by atoms with van der Waals surface area (Å²) < 4.78 is 5.38. The molecule has 2 rings (SSSR count). The molecule has 2 fully saturated rings. The SMILES string of the molecule is CC(C)(C)OC(=O)N1CCC2C(O)CCNC2C1. The van der Waals surface area contributed by atoms with E-state index in [-0.39, 0.29) is 24.2 Å². The molecule has 2 aliphatic heterocycles. The number of nitrogens with zero attached hydrogens (tertiary/aromatic N) is 1. The minimum Gasteiger partial charge on any atom is -0.444 e. The summed E-state index contributed by atoms with van der Waals surface area (Å²) in [5, 5.41) is 13.3. The molecule has 18 heavy (non-hydrogen) atoms. The Morgan fingerprint density at radius 2 is 2.11 bits per heavy atom. The van der Waals surface area contributed by atoms with E-state index < -0.39 is 5.60 Å². The third-order valence-electron chi connectivity index (χ3n) is 3.66. The molecule has 0 bridgehead atoms. The molecule has 104 valence electrons. The van der Waals surface area contributed by atoms with Crippen molar-refractivity contribution in [1.82, 2.24) is 10.2 Å². The quantitative estimate of drug-likeness (QED) is 0.678. The summed E-state index contributed by atoms with van der Waals surface area (Å²) in [5.74, 6) is 0.275. The van der Waals surface area contributed by atoms with Crippen LogP contribution in [-0.4, -0.2) is 53.5 Å². The Morgan fingerprint density at radius 3 is 2.78 bits per heavy atom. The third-order valence-corrected chi connectivity index (χ3v) is 3.66. The van der Waals surface area contributed by atoms with Crippen molar-refractivity contribution in [3.05, 3.63) is 0 Å². The van der Waals surface area contributed by atoms with Gasteiger partial charge in [-0.3, -0.25) is 0 Å². The van der Waals surface area contributed by atoms with E-state index >= 15 is 0 Å². The molecule has 0 aromatic heterocycles. The number of piperidine rings is 2. The van der Waals surface area contributed by atoms with E-state index in [1.165, 1.54) is 0 Å². The number of hydrogen-bond acceptors (Lipinski definition) is 4. The van der Waals surface area contributed by atoms with Crippen LogP contribution >= 0.6 is 0 Å². The second kappa shape index (κ2) is 5.05. The number of fused-ring (bicyclic) bond motifs is 1. The van der Waals surface area contributed by atoms with Crippen molar-refractivity contribution >= 4 is 6.09 Å². The van der Waals surface area contributed by atoms with Gasteiger partial charge >= 0.3 is 6.09 Å². The Hall–Kier alpha value is -0.810. The molecule has 5 nitrogen and oxygen atoms in total. The first-order chi connectivity index (χ1) is 8.37. The lowest BCUT2D eigenvalue weighted by molar-refractivity contribution is -0.0138. The highest BCUT2D eigenvalue weighted by atomic mass is 16.6. The van der Waals surface area contributed by atoms with Crippen LogP contribution in [0.3, 0.4) is 0 Å². The average molecular weight is 256 g/mol. The normalized spacial score (nSPS) is 32.9. The molecule has 0 spiro atoms. The monoisotopic (exact) mass is 256 g/mol. The number of rotatable bonds is 0. The molecule has 1 amide bonds. The average Bonchev–Trinajstić information content (AvgIpc) is 2.26. The van der Waals surface area contributed by atoms with E-state index in [4.69, 9.17) is 4.74 Å². The van der Waals surface area contributed by atoms with Crippen molar-refractivity contribution in [3.63, 3.8) is 0 Å². The lowest BCUT2D eigenvalue weighted by atomic mass is 9.83. The summed E-state index contributed by atoms with van der Waals surface area (Å²) in [5.41, 5.74) is -0.451. The van der Waals surface area contributed by atoms with Crippen molar-refractivity contribution < 1.29 is 14.6 Å². The van der Waals surface area contributed by atoms with Gasteiger partial charge in [-0.05, 0) is 40.2 Å². The second-order valence-electron chi connectivity index (χ2n) is 6.30. The van der Waals surface area contributed by atoms with Crippen molar-refractivity contribution in [2.75, 3.05) is 19.6 Å². The van der Waals surface area contributed by atoms with Crippen LogP contribution < -0.4 is 5.32 Å². The first-order valence-electron chi connectivity index (χ1n) is 6.76. The Kier molecular flexibility index (Phi) is 3.82. The second-order valence-corrected chi connectivity index (χ2v) is 6.30. The number of nitrogens with one attached hydrogen (secondary N) is 1. The number of aliphatic hydroxyl groups excluding tert-OH is 1. The van der Waals surface area contributed by atoms with Gasteiger partial charge in [0.1, 0.15) is 5.60 Å². The number of amides is 1. The summed E-state index contributed by atoms with van der Waals surface area (Å²) in [6.45, 7) is 7.76. The molecule has 3 atom stereocenters. The van der Waals surface area contributed by atoms with Gasteiger partial charge < -0.3 is 20.1 Å². The summed E-state index contributed by atoms with van der Waals surface area (Å²) in [6.07, 6.45) is 1.19. The minimum absolute atomic E-state index is 0.204. The van der Waals surface area contributed by atoms with Gasteiger partial charge in [0.2, 0.25) is 0 Å². The zero-order chi connectivity index (χ0) is 13.3. The van der Waals surface area contributed by atoms with Gasteiger partial charge in [-0.15, -0.1) is 0 Å². The van der Waals surface area contributed by atoms with Crippen LogP contribution in [0, 0.1) is 5.92 Å². The van der Waals surface area contributed by atoms with Gasteiger partial charge in [-0.1, -0.05) is 0 Å². The van der Waals surface area contributed by atoms with E-state index in [0.717, 1.165) is 19.4 Å². The number of likely N-dealkylation sites (tertiary alicyclic amines) is 1. The van der Waals surface area contributed by atoms with E-state index in [1.807, 2.05) is 20.8 Å². The Labute approximate surface area is 108 Å². The van der Waals surface area contributed by atoms with E-state index in [0.29, 0.717) is 13.1 Å². The van der Waals surface area contributed by atoms with E-state index in [9.17, 15) is 9.90 Å². The topological polar surface area (TPSA) is 61.8 Å². The Balaban J connectivity index is 1.92. The molecule has 5 heteroatoms. The van der Waals surface area contributed by atoms with Crippen LogP contribution in [0.2, 0.25) is 0 Å². The molecular formula is C13H24N2O3. The summed E-state index contributed by atoms with van der Waals surface area (Å²) in [7, 11) is 0. The van der Waals surface area contributed by atoms with Gasteiger partial charge in [0.05, 0.1) is 6.10 Å². The zero-order valence-electron chi connectivity index (χ0n) is 11.5. The molecule has 2 N–H and O–H groups in total. The lowest BCUT2D eigenvalue weighted by Crippen LogP contribution is -2.59. The predicted octanol–water partition coefficient (Wildman–Crippen LogP) is 0.966. The van der Waals surface area contributed by atoms with Crippen LogP contribution in [-0.2, 0) is 4.74 Å². The first kappa shape index (κ1) is 13.6. The van der Waals surface area contributed by atoms with Crippen LogP contribution in [0.1, 0.15) is 33.6 Å². The van der Waals surface area contributed by atoms with Crippen LogP contribution in [0.5, 0.6) is 0 Å². The van der Waals surface area contributed by atoms with Crippen LogP contribution in [0.15, 0.2) is 0 Å². The van der Waals surface area contributed by atoms with E-state index in [1.54, 1.807) is 4.90 Å². The van der Waals surface area contributed by atoms with Gasteiger partial charge in [0.15, 0.2) is 0 Å². The maximum atomic E-state index is 12.0. The molecule has 0 aliphatic carbocycles. The number of carbonyl (C=O) groups excluding carboxylic acids is 1.